The Morgan fingerprint density at radius 3 is 2.63 bits per heavy atom. The quantitative estimate of drug-likeness (QED) is 0.648. The van der Waals surface area contributed by atoms with Gasteiger partial charge >= 0.3 is 0 Å². The average Bonchev–Trinajstić information content (AvgIpc) is 3.23. The van der Waals surface area contributed by atoms with E-state index in [2.05, 4.69) is 10.2 Å². The van der Waals surface area contributed by atoms with Gasteiger partial charge in [-0.25, -0.2) is 0 Å². The Hall–Kier alpha value is -2.63. The van der Waals surface area contributed by atoms with Crippen LogP contribution in [0.15, 0.2) is 51.7 Å². The number of amides is 1. The second-order valence-corrected chi connectivity index (χ2v) is 8.33. The number of aryl methyl sites for hydroxylation is 2. The highest BCUT2D eigenvalue weighted by Crippen LogP contribution is 2.30. The summed E-state index contributed by atoms with van der Waals surface area (Å²) in [5, 5.41) is 4.15. The lowest BCUT2D eigenvalue weighted by Crippen LogP contribution is -2.37. The van der Waals surface area contributed by atoms with Gasteiger partial charge < -0.3 is 9.73 Å². The van der Waals surface area contributed by atoms with Crippen LogP contribution in [0.1, 0.15) is 46.1 Å². The number of fused-ring (bicyclic) bond motifs is 1. The number of carbonyl (C=O) groups is 1. The fraction of sp³-hybridized carbons (Fsp3) is 0.333. The van der Waals surface area contributed by atoms with Crippen molar-refractivity contribution in [2.45, 2.75) is 32.7 Å². The molecule has 1 aliphatic heterocycles. The molecule has 2 aromatic carbocycles. The number of benzene rings is 2. The maximum atomic E-state index is 12.9. The Morgan fingerprint density at radius 1 is 1.17 bits per heavy atom. The summed E-state index contributed by atoms with van der Waals surface area (Å²) in [5.74, 6) is -0.374. The molecule has 1 unspecified atom stereocenters. The second-order valence-electron chi connectivity index (χ2n) is 7.92. The lowest BCUT2D eigenvalue weighted by molar-refractivity contribution is 0.0910. The van der Waals surface area contributed by atoms with Gasteiger partial charge in [0.05, 0.1) is 11.4 Å². The number of hydrogen-bond acceptors (Lipinski definition) is 4. The summed E-state index contributed by atoms with van der Waals surface area (Å²) in [6.45, 7) is 6.13. The molecule has 5 nitrogen and oxygen atoms in total. The van der Waals surface area contributed by atoms with Crippen molar-refractivity contribution in [2.75, 3.05) is 19.6 Å². The summed E-state index contributed by atoms with van der Waals surface area (Å²) in [6.07, 6.45) is 2.26. The summed E-state index contributed by atoms with van der Waals surface area (Å²) < 4.78 is 5.80. The van der Waals surface area contributed by atoms with Crippen molar-refractivity contribution in [3.05, 3.63) is 80.2 Å². The molecule has 0 bridgehead atoms. The zero-order valence-corrected chi connectivity index (χ0v) is 18.0. The monoisotopic (exact) mass is 424 g/mol. The molecule has 0 spiro atoms. The molecule has 1 aliphatic rings. The Bertz CT molecular complexity index is 1150. The molecule has 0 aliphatic carbocycles. The van der Waals surface area contributed by atoms with Crippen molar-refractivity contribution in [1.82, 2.24) is 10.2 Å². The molecule has 1 atom stereocenters. The molecule has 1 saturated heterocycles. The van der Waals surface area contributed by atoms with E-state index in [1.165, 1.54) is 6.07 Å². The van der Waals surface area contributed by atoms with Crippen LogP contribution in [-0.2, 0) is 0 Å². The average molecular weight is 425 g/mol. The third kappa shape index (κ3) is 4.13. The minimum atomic E-state index is -0.399. The van der Waals surface area contributed by atoms with Gasteiger partial charge in [-0.05, 0) is 68.6 Å². The first kappa shape index (κ1) is 20.6. The lowest BCUT2D eigenvalue weighted by atomic mass is 10.1. The lowest BCUT2D eigenvalue weighted by Gasteiger charge is -2.28. The summed E-state index contributed by atoms with van der Waals surface area (Å²) in [6, 6.07) is 12.7. The largest absolute Gasteiger partial charge is 0.451 e. The highest BCUT2D eigenvalue weighted by molar-refractivity contribution is 6.31. The van der Waals surface area contributed by atoms with Gasteiger partial charge in [-0.1, -0.05) is 35.9 Å². The van der Waals surface area contributed by atoms with Crippen LogP contribution in [0.2, 0.25) is 5.02 Å². The number of carbonyl (C=O) groups excluding carboxylic acids is 1. The van der Waals surface area contributed by atoms with Crippen LogP contribution in [-0.4, -0.2) is 30.4 Å². The Morgan fingerprint density at radius 2 is 1.90 bits per heavy atom. The molecule has 4 rings (SSSR count). The highest BCUT2D eigenvalue weighted by Gasteiger charge is 2.26. The molecule has 0 radical (unpaired) electrons. The Balaban J connectivity index is 1.59. The molecule has 156 valence electrons. The molecule has 0 saturated carbocycles. The summed E-state index contributed by atoms with van der Waals surface area (Å²) in [4.78, 5) is 27.8. The minimum absolute atomic E-state index is 0.0248. The van der Waals surface area contributed by atoms with E-state index in [-0.39, 0.29) is 17.2 Å². The third-order valence-corrected chi connectivity index (χ3v) is 6.04. The van der Waals surface area contributed by atoms with Gasteiger partial charge in [0.15, 0.2) is 11.2 Å². The fourth-order valence-electron chi connectivity index (χ4n) is 4.29. The molecule has 3 aromatic rings. The number of halogens is 1. The van der Waals surface area contributed by atoms with Gasteiger partial charge in [-0.15, -0.1) is 0 Å². The van der Waals surface area contributed by atoms with E-state index < -0.39 is 5.91 Å². The number of nitrogens with zero attached hydrogens (tertiary/aromatic N) is 1. The zero-order valence-electron chi connectivity index (χ0n) is 17.2. The van der Waals surface area contributed by atoms with Gasteiger partial charge in [-0.3, -0.25) is 14.5 Å². The zero-order chi connectivity index (χ0) is 21.3. The van der Waals surface area contributed by atoms with Crippen molar-refractivity contribution < 1.29 is 9.21 Å². The fourth-order valence-corrected chi connectivity index (χ4v) is 4.55. The third-order valence-electron chi connectivity index (χ3n) is 5.70. The number of nitrogens with one attached hydrogen (secondary N) is 1. The van der Waals surface area contributed by atoms with Crippen LogP contribution in [0.25, 0.3) is 11.0 Å². The first-order valence-corrected chi connectivity index (χ1v) is 10.6. The number of rotatable bonds is 5. The van der Waals surface area contributed by atoms with Crippen molar-refractivity contribution in [2.24, 2.45) is 0 Å². The minimum Gasteiger partial charge on any atom is -0.451 e. The standard InChI is InChI=1S/C24H25ClN2O3/c1-15-11-16(2)23-20(28)13-22(30-21(23)12-15)24(29)26-14-19(27-9-5-6-10-27)17-7-3-4-8-18(17)25/h3-4,7-8,11-13,19H,5-6,9-10,14H2,1-2H3,(H,26,29). The topological polar surface area (TPSA) is 62.6 Å². The van der Waals surface area contributed by atoms with Crippen molar-refractivity contribution >= 4 is 28.5 Å². The number of likely N-dealkylation sites (tertiary alicyclic amines) is 1. The van der Waals surface area contributed by atoms with Crippen molar-refractivity contribution in [1.29, 1.82) is 0 Å². The van der Waals surface area contributed by atoms with E-state index in [1.807, 2.05) is 44.2 Å². The number of hydrogen-bond donors (Lipinski definition) is 1. The van der Waals surface area contributed by atoms with Crippen LogP contribution in [0.5, 0.6) is 0 Å². The van der Waals surface area contributed by atoms with E-state index >= 15 is 0 Å². The molecular weight excluding hydrogens is 400 g/mol. The normalized spacial score (nSPS) is 15.4. The van der Waals surface area contributed by atoms with E-state index in [4.69, 9.17) is 16.0 Å². The molecule has 30 heavy (non-hydrogen) atoms. The second kappa shape index (κ2) is 8.62. The van der Waals surface area contributed by atoms with Gasteiger partial charge in [-0.2, -0.15) is 0 Å². The van der Waals surface area contributed by atoms with Gasteiger partial charge in [0.25, 0.3) is 5.91 Å². The molecule has 1 fully saturated rings. The van der Waals surface area contributed by atoms with Crippen LogP contribution in [0, 0.1) is 13.8 Å². The molecule has 1 amide bonds. The van der Waals surface area contributed by atoms with Crippen LogP contribution >= 0.6 is 11.6 Å². The maximum absolute atomic E-state index is 12.9. The van der Waals surface area contributed by atoms with Gasteiger partial charge in [0, 0.05) is 17.6 Å². The molecule has 6 heteroatoms. The first-order valence-electron chi connectivity index (χ1n) is 10.3. The molecule has 1 N–H and O–H groups in total. The van der Waals surface area contributed by atoms with Crippen LogP contribution in [0.3, 0.4) is 0 Å². The van der Waals surface area contributed by atoms with Crippen molar-refractivity contribution in [3.63, 3.8) is 0 Å². The van der Waals surface area contributed by atoms with E-state index in [0.29, 0.717) is 22.5 Å². The molecule has 2 heterocycles. The Labute approximate surface area is 180 Å². The predicted octanol–water partition coefficient (Wildman–Crippen LogP) is 4.63. The first-order chi connectivity index (χ1) is 14.4. The molecular formula is C24H25ClN2O3. The van der Waals surface area contributed by atoms with Gasteiger partial charge in [0.1, 0.15) is 5.58 Å². The van der Waals surface area contributed by atoms with Gasteiger partial charge in [0.2, 0.25) is 0 Å². The molecule has 1 aromatic heterocycles. The summed E-state index contributed by atoms with van der Waals surface area (Å²) in [5.41, 5.74) is 3.05. The predicted molar refractivity (Wildman–Crippen MR) is 119 cm³/mol. The van der Waals surface area contributed by atoms with Crippen LogP contribution < -0.4 is 10.7 Å². The van der Waals surface area contributed by atoms with Crippen LogP contribution in [0.4, 0.5) is 0 Å². The SMILES string of the molecule is Cc1cc(C)c2c(=O)cc(C(=O)NCC(c3ccccc3Cl)N3CCCC3)oc2c1. The maximum Gasteiger partial charge on any atom is 0.287 e. The summed E-state index contributed by atoms with van der Waals surface area (Å²) >= 11 is 6.45. The smallest absolute Gasteiger partial charge is 0.287 e. The van der Waals surface area contributed by atoms with Crippen molar-refractivity contribution in [3.8, 4) is 0 Å². The Kier molecular flexibility index (Phi) is 5.93. The van der Waals surface area contributed by atoms with E-state index in [9.17, 15) is 9.59 Å². The summed E-state index contributed by atoms with van der Waals surface area (Å²) in [7, 11) is 0. The highest BCUT2D eigenvalue weighted by atomic mass is 35.5. The van der Waals surface area contributed by atoms with E-state index in [1.54, 1.807) is 6.07 Å². The van der Waals surface area contributed by atoms with E-state index in [0.717, 1.165) is 42.6 Å².